The molecule has 30 heavy (non-hydrogen) atoms. The minimum Gasteiger partial charge on any atom is -0.363 e. The Morgan fingerprint density at radius 2 is 1.97 bits per heavy atom. The maximum atomic E-state index is 14.9. The fourth-order valence-corrected chi connectivity index (χ4v) is 3.81. The molecule has 5 nitrogen and oxygen atoms in total. The van der Waals surface area contributed by atoms with Gasteiger partial charge in [-0.15, -0.1) is 0 Å². The second-order valence-electron chi connectivity index (χ2n) is 7.48. The lowest BCUT2D eigenvalue weighted by molar-refractivity contribution is 0.0787. The van der Waals surface area contributed by atoms with Crippen LogP contribution in [0.2, 0.25) is 0 Å². The molecule has 6 heteroatoms. The average molecular weight is 404 g/mol. The second-order valence-corrected chi connectivity index (χ2v) is 7.48. The average Bonchev–Trinajstić information content (AvgIpc) is 3.10. The number of nitrogens with one attached hydrogen (secondary N) is 1. The molecule has 0 bridgehead atoms. The highest BCUT2D eigenvalue weighted by Crippen LogP contribution is 2.32. The molecule has 1 N–H and O–H groups in total. The third-order valence-corrected chi connectivity index (χ3v) is 5.63. The van der Waals surface area contributed by atoms with Crippen LogP contribution >= 0.6 is 0 Å². The third kappa shape index (κ3) is 3.61. The van der Waals surface area contributed by atoms with Crippen molar-refractivity contribution >= 4 is 23.1 Å². The SMILES string of the molecule is CCN1Cc2c(ccnc2N[C@@H](C)c2ccc(N(C)c3ccccc3)c(F)c2)C1=O. The number of para-hydroxylation sites is 1. The van der Waals surface area contributed by atoms with E-state index in [1.807, 2.05) is 62.2 Å². The number of aromatic nitrogens is 1. The number of fused-ring (bicyclic) bond motifs is 1. The molecule has 0 fully saturated rings. The third-order valence-electron chi connectivity index (χ3n) is 5.63. The van der Waals surface area contributed by atoms with Crippen molar-refractivity contribution in [2.45, 2.75) is 26.4 Å². The molecule has 154 valence electrons. The Labute approximate surface area is 176 Å². The van der Waals surface area contributed by atoms with Gasteiger partial charge in [0.15, 0.2) is 0 Å². The second kappa shape index (κ2) is 8.14. The molecule has 4 rings (SSSR count). The molecule has 2 aromatic carbocycles. The fraction of sp³-hybridized carbons (Fsp3) is 0.250. The Kier molecular flexibility index (Phi) is 5.40. The first kappa shape index (κ1) is 19.9. The molecule has 3 aromatic rings. The highest BCUT2D eigenvalue weighted by atomic mass is 19.1. The van der Waals surface area contributed by atoms with Crippen LogP contribution in [-0.4, -0.2) is 29.4 Å². The van der Waals surface area contributed by atoms with Crippen LogP contribution in [0.4, 0.5) is 21.6 Å². The van der Waals surface area contributed by atoms with E-state index in [0.29, 0.717) is 30.2 Å². The molecule has 0 aliphatic carbocycles. The van der Waals surface area contributed by atoms with Crippen LogP contribution in [0.25, 0.3) is 0 Å². The van der Waals surface area contributed by atoms with E-state index in [4.69, 9.17) is 0 Å². The summed E-state index contributed by atoms with van der Waals surface area (Å²) >= 11 is 0. The first-order valence-corrected chi connectivity index (χ1v) is 10.1. The van der Waals surface area contributed by atoms with Gasteiger partial charge in [0.25, 0.3) is 5.91 Å². The standard InChI is InChI=1S/C24H25FN4O/c1-4-29-15-20-19(24(29)30)12-13-26-23(20)27-16(2)17-10-11-22(21(25)14-17)28(3)18-8-6-5-7-9-18/h5-14,16H,4,15H2,1-3H3,(H,26,27)/t16-/m0/s1. The molecule has 1 amide bonds. The minimum absolute atomic E-state index is 0.0324. The topological polar surface area (TPSA) is 48.5 Å². The smallest absolute Gasteiger partial charge is 0.254 e. The van der Waals surface area contributed by atoms with Gasteiger partial charge in [0.05, 0.1) is 18.3 Å². The molecular weight excluding hydrogens is 379 g/mol. The summed E-state index contributed by atoms with van der Waals surface area (Å²) in [5.74, 6) is 0.422. The van der Waals surface area contributed by atoms with Gasteiger partial charge < -0.3 is 15.1 Å². The normalized spacial score (nSPS) is 13.9. The summed E-state index contributed by atoms with van der Waals surface area (Å²) in [5.41, 5.74) is 3.84. The lowest BCUT2D eigenvalue weighted by atomic mass is 10.1. The van der Waals surface area contributed by atoms with Crippen LogP contribution in [0, 0.1) is 5.82 Å². The van der Waals surface area contributed by atoms with Crippen molar-refractivity contribution in [3.05, 3.63) is 83.3 Å². The Morgan fingerprint density at radius 3 is 2.67 bits per heavy atom. The maximum Gasteiger partial charge on any atom is 0.254 e. The van der Waals surface area contributed by atoms with Crippen molar-refractivity contribution in [1.82, 2.24) is 9.88 Å². The molecule has 1 atom stereocenters. The molecule has 0 saturated heterocycles. The van der Waals surface area contributed by atoms with Gasteiger partial charge >= 0.3 is 0 Å². The van der Waals surface area contributed by atoms with E-state index in [1.165, 1.54) is 0 Å². The van der Waals surface area contributed by atoms with Crippen LogP contribution in [-0.2, 0) is 6.54 Å². The number of hydrogen-bond acceptors (Lipinski definition) is 4. The van der Waals surface area contributed by atoms with Crippen LogP contribution in [0.15, 0.2) is 60.8 Å². The Hall–Kier alpha value is -3.41. The van der Waals surface area contributed by atoms with Gasteiger partial charge in [-0.1, -0.05) is 24.3 Å². The van der Waals surface area contributed by atoms with Crippen LogP contribution < -0.4 is 10.2 Å². The van der Waals surface area contributed by atoms with Crippen molar-refractivity contribution in [2.75, 3.05) is 23.8 Å². The fourth-order valence-electron chi connectivity index (χ4n) is 3.81. The number of halogens is 1. The Bertz CT molecular complexity index is 1070. The van der Waals surface area contributed by atoms with Gasteiger partial charge in [0.1, 0.15) is 11.6 Å². The number of carbonyl (C=O) groups is 1. The number of benzene rings is 2. The van der Waals surface area contributed by atoms with E-state index in [-0.39, 0.29) is 17.8 Å². The van der Waals surface area contributed by atoms with Gasteiger partial charge in [-0.25, -0.2) is 9.37 Å². The van der Waals surface area contributed by atoms with Gasteiger partial charge in [-0.2, -0.15) is 0 Å². The molecule has 1 aliphatic rings. The van der Waals surface area contributed by atoms with Crippen LogP contribution in [0.1, 0.15) is 41.4 Å². The zero-order valence-electron chi connectivity index (χ0n) is 17.4. The summed E-state index contributed by atoms with van der Waals surface area (Å²) in [6.45, 7) is 5.13. The van der Waals surface area contributed by atoms with Crippen molar-refractivity contribution in [3.8, 4) is 0 Å². The van der Waals surface area contributed by atoms with Crippen LogP contribution in [0.3, 0.4) is 0 Å². The predicted molar refractivity (Wildman–Crippen MR) is 118 cm³/mol. The quantitative estimate of drug-likeness (QED) is 0.618. The predicted octanol–water partition coefficient (Wildman–Crippen LogP) is 5.14. The number of rotatable bonds is 6. The van der Waals surface area contributed by atoms with E-state index in [9.17, 15) is 9.18 Å². The summed E-state index contributed by atoms with van der Waals surface area (Å²) in [7, 11) is 1.85. The van der Waals surface area contributed by atoms with E-state index in [1.54, 1.807) is 29.3 Å². The minimum atomic E-state index is -0.286. The van der Waals surface area contributed by atoms with Crippen LogP contribution in [0.5, 0.6) is 0 Å². The number of hydrogen-bond donors (Lipinski definition) is 1. The molecular formula is C24H25FN4O. The van der Waals surface area contributed by atoms with Gasteiger partial charge in [-0.05, 0) is 49.7 Å². The van der Waals surface area contributed by atoms with Gasteiger partial charge in [0.2, 0.25) is 0 Å². The number of amides is 1. The van der Waals surface area contributed by atoms with E-state index < -0.39 is 0 Å². The number of pyridine rings is 1. The van der Waals surface area contributed by atoms with Crippen molar-refractivity contribution in [3.63, 3.8) is 0 Å². The highest BCUT2D eigenvalue weighted by molar-refractivity contribution is 5.99. The number of nitrogens with zero attached hydrogens (tertiary/aromatic N) is 3. The first-order chi connectivity index (χ1) is 14.5. The summed E-state index contributed by atoms with van der Waals surface area (Å²) in [6.07, 6.45) is 1.64. The lowest BCUT2D eigenvalue weighted by Crippen LogP contribution is -2.22. The summed E-state index contributed by atoms with van der Waals surface area (Å²) in [4.78, 5) is 20.5. The lowest BCUT2D eigenvalue weighted by Gasteiger charge is -2.22. The summed E-state index contributed by atoms with van der Waals surface area (Å²) in [5, 5.41) is 3.36. The molecule has 1 aliphatic heterocycles. The molecule has 0 spiro atoms. The molecule has 0 radical (unpaired) electrons. The highest BCUT2D eigenvalue weighted by Gasteiger charge is 2.29. The molecule has 2 heterocycles. The maximum absolute atomic E-state index is 14.9. The van der Waals surface area contributed by atoms with E-state index in [0.717, 1.165) is 16.8 Å². The monoisotopic (exact) mass is 404 g/mol. The van der Waals surface area contributed by atoms with Crippen molar-refractivity contribution in [1.29, 1.82) is 0 Å². The Morgan fingerprint density at radius 1 is 1.20 bits per heavy atom. The Balaban J connectivity index is 1.55. The largest absolute Gasteiger partial charge is 0.363 e. The van der Waals surface area contributed by atoms with E-state index >= 15 is 0 Å². The number of carbonyl (C=O) groups excluding carboxylic acids is 1. The zero-order chi connectivity index (χ0) is 21.3. The first-order valence-electron chi connectivity index (χ1n) is 10.1. The molecule has 1 aromatic heterocycles. The van der Waals surface area contributed by atoms with Gasteiger partial charge in [0, 0.05) is 36.6 Å². The van der Waals surface area contributed by atoms with E-state index in [2.05, 4.69) is 10.3 Å². The van der Waals surface area contributed by atoms with Crippen molar-refractivity contribution in [2.24, 2.45) is 0 Å². The summed E-state index contributed by atoms with van der Waals surface area (Å²) in [6, 6.07) is 16.5. The van der Waals surface area contributed by atoms with Crippen molar-refractivity contribution < 1.29 is 9.18 Å². The molecule has 0 saturated carbocycles. The zero-order valence-corrected chi connectivity index (χ0v) is 17.4. The van der Waals surface area contributed by atoms with Gasteiger partial charge in [-0.3, -0.25) is 4.79 Å². The molecule has 0 unspecified atom stereocenters. The number of anilines is 3. The summed E-state index contributed by atoms with van der Waals surface area (Å²) < 4.78 is 14.9.